The first kappa shape index (κ1) is 18.6. The van der Waals surface area contributed by atoms with Crippen molar-refractivity contribution in [3.8, 4) is 11.5 Å². The van der Waals surface area contributed by atoms with Crippen LogP contribution in [0.1, 0.15) is 26.1 Å². The number of imide groups is 1. The summed E-state index contributed by atoms with van der Waals surface area (Å²) in [7, 11) is 0. The van der Waals surface area contributed by atoms with Crippen molar-refractivity contribution in [1.82, 2.24) is 25.7 Å². The second-order valence-electron chi connectivity index (χ2n) is 6.74. The van der Waals surface area contributed by atoms with E-state index in [2.05, 4.69) is 20.8 Å². The SMILES string of the molecule is CC1(C)NC(=O)N(CCC(=O)NCCc2noc(-c3ccccc3)n2)C1=O. The second kappa shape index (κ2) is 7.56. The molecule has 0 bridgehead atoms. The number of nitrogens with zero attached hydrogens (tertiary/aromatic N) is 3. The molecule has 0 saturated carbocycles. The van der Waals surface area contributed by atoms with Crippen LogP contribution in [-0.2, 0) is 16.0 Å². The number of benzene rings is 1. The maximum Gasteiger partial charge on any atom is 0.325 e. The molecule has 1 aliphatic rings. The maximum atomic E-state index is 12.1. The van der Waals surface area contributed by atoms with Crippen molar-refractivity contribution in [3.05, 3.63) is 36.2 Å². The lowest BCUT2D eigenvalue weighted by molar-refractivity contribution is -0.130. The minimum Gasteiger partial charge on any atom is -0.356 e. The van der Waals surface area contributed by atoms with Crippen molar-refractivity contribution in [2.24, 2.45) is 0 Å². The van der Waals surface area contributed by atoms with E-state index in [0.29, 0.717) is 24.7 Å². The Balaban J connectivity index is 1.42. The minimum absolute atomic E-state index is 0.0384. The molecule has 0 spiro atoms. The molecule has 4 amide bonds. The van der Waals surface area contributed by atoms with Gasteiger partial charge in [-0.2, -0.15) is 4.98 Å². The summed E-state index contributed by atoms with van der Waals surface area (Å²) in [5.41, 5.74) is -0.0976. The zero-order valence-electron chi connectivity index (χ0n) is 15.2. The summed E-state index contributed by atoms with van der Waals surface area (Å²) in [4.78, 5) is 41.1. The molecule has 2 aromatic rings. The van der Waals surface area contributed by atoms with E-state index in [4.69, 9.17) is 4.52 Å². The fourth-order valence-corrected chi connectivity index (χ4v) is 2.69. The standard InChI is InChI=1S/C18H21N5O4/c1-18(2)16(25)23(17(26)21-18)11-9-14(24)19-10-8-13-20-15(27-22-13)12-6-4-3-5-7-12/h3-7H,8-11H2,1-2H3,(H,19,24)(H,21,26). The van der Waals surface area contributed by atoms with Gasteiger partial charge in [0.1, 0.15) is 5.54 Å². The van der Waals surface area contributed by atoms with Crippen LogP contribution in [0.2, 0.25) is 0 Å². The average molecular weight is 371 g/mol. The lowest BCUT2D eigenvalue weighted by atomic mass is 10.1. The highest BCUT2D eigenvalue weighted by molar-refractivity contribution is 6.06. The second-order valence-corrected chi connectivity index (χ2v) is 6.74. The number of carbonyl (C=O) groups is 3. The molecule has 1 saturated heterocycles. The van der Waals surface area contributed by atoms with Crippen molar-refractivity contribution < 1.29 is 18.9 Å². The van der Waals surface area contributed by atoms with Gasteiger partial charge in [0.15, 0.2) is 5.82 Å². The summed E-state index contributed by atoms with van der Waals surface area (Å²) in [6.45, 7) is 3.63. The lowest BCUT2D eigenvalue weighted by Gasteiger charge is -2.15. The Morgan fingerprint density at radius 3 is 2.67 bits per heavy atom. The van der Waals surface area contributed by atoms with Crippen molar-refractivity contribution in [2.75, 3.05) is 13.1 Å². The third-order valence-electron chi connectivity index (χ3n) is 4.17. The smallest absolute Gasteiger partial charge is 0.325 e. The van der Waals surface area contributed by atoms with Crippen molar-refractivity contribution in [3.63, 3.8) is 0 Å². The zero-order valence-corrected chi connectivity index (χ0v) is 15.2. The molecule has 0 atom stereocenters. The van der Waals surface area contributed by atoms with Gasteiger partial charge in [-0.15, -0.1) is 0 Å². The maximum absolute atomic E-state index is 12.1. The Morgan fingerprint density at radius 2 is 2.00 bits per heavy atom. The summed E-state index contributed by atoms with van der Waals surface area (Å²) in [5, 5.41) is 9.19. The van der Waals surface area contributed by atoms with Crippen LogP contribution in [-0.4, -0.2) is 51.5 Å². The van der Waals surface area contributed by atoms with Crippen LogP contribution in [0.3, 0.4) is 0 Å². The van der Waals surface area contributed by atoms with Crippen LogP contribution in [0.25, 0.3) is 11.5 Å². The Hall–Kier alpha value is -3.23. The number of amides is 4. The number of hydrogen-bond acceptors (Lipinski definition) is 6. The summed E-state index contributed by atoms with van der Waals surface area (Å²) in [6, 6.07) is 8.93. The van der Waals surface area contributed by atoms with Crippen LogP contribution in [0.5, 0.6) is 0 Å². The van der Waals surface area contributed by atoms with E-state index in [1.165, 1.54) is 0 Å². The molecule has 0 radical (unpaired) electrons. The Bertz CT molecular complexity index is 846. The van der Waals surface area contributed by atoms with E-state index in [0.717, 1.165) is 10.5 Å². The summed E-state index contributed by atoms with van der Waals surface area (Å²) in [5.74, 6) is 0.329. The summed E-state index contributed by atoms with van der Waals surface area (Å²) >= 11 is 0. The molecule has 9 nitrogen and oxygen atoms in total. The molecule has 1 aromatic carbocycles. The van der Waals surface area contributed by atoms with Gasteiger partial charge in [-0.1, -0.05) is 23.4 Å². The van der Waals surface area contributed by atoms with Gasteiger partial charge in [-0.05, 0) is 26.0 Å². The van der Waals surface area contributed by atoms with E-state index in [1.807, 2.05) is 30.3 Å². The van der Waals surface area contributed by atoms with Crippen LogP contribution in [0.15, 0.2) is 34.9 Å². The molecule has 1 aliphatic heterocycles. The molecular weight excluding hydrogens is 350 g/mol. The minimum atomic E-state index is -0.928. The molecule has 2 heterocycles. The molecule has 0 aliphatic carbocycles. The number of hydrogen-bond donors (Lipinski definition) is 2. The topological polar surface area (TPSA) is 117 Å². The fraction of sp³-hybridized carbons (Fsp3) is 0.389. The average Bonchev–Trinajstić information content (AvgIpc) is 3.17. The third kappa shape index (κ3) is 4.30. The van der Waals surface area contributed by atoms with Gasteiger partial charge in [0, 0.05) is 31.5 Å². The van der Waals surface area contributed by atoms with Gasteiger partial charge in [0.25, 0.3) is 11.8 Å². The Labute approximate surface area is 156 Å². The predicted molar refractivity (Wildman–Crippen MR) is 95.4 cm³/mol. The highest BCUT2D eigenvalue weighted by Crippen LogP contribution is 2.17. The van der Waals surface area contributed by atoms with E-state index in [-0.39, 0.29) is 24.8 Å². The van der Waals surface area contributed by atoms with Gasteiger partial charge in [0.2, 0.25) is 5.91 Å². The van der Waals surface area contributed by atoms with Crippen molar-refractivity contribution in [1.29, 1.82) is 0 Å². The first-order valence-electron chi connectivity index (χ1n) is 8.65. The van der Waals surface area contributed by atoms with Crippen LogP contribution < -0.4 is 10.6 Å². The summed E-state index contributed by atoms with van der Waals surface area (Å²) < 4.78 is 5.20. The van der Waals surface area contributed by atoms with Gasteiger partial charge >= 0.3 is 6.03 Å². The normalized spacial score (nSPS) is 15.7. The first-order valence-corrected chi connectivity index (χ1v) is 8.65. The van der Waals surface area contributed by atoms with E-state index >= 15 is 0 Å². The first-order chi connectivity index (χ1) is 12.9. The van der Waals surface area contributed by atoms with Crippen LogP contribution >= 0.6 is 0 Å². The quantitative estimate of drug-likeness (QED) is 0.704. The Morgan fingerprint density at radius 1 is 1.26 bits per heavy atom. The van der Waals surface area contributed by atoms with Crippen molar-refractivity contribution >= 4 is 17.8 Å². The molecule has 2 N–H and O–H groups in total. The predicted octanol–water partition coefficient (Wildman–Crippen LogP) is 1.12. The number of aromatic nitrogens is 2. The Kier molecular flexibility index (Phi) is 5.20. The van der Waals surface area contributed by atoms with Gasteiger partial charge in [-0.25, -0.2) is 4.79 Å². The van der Waals surface area contributed by atoms with Crippen molar-refractivity contribution in [2.45, 2.75) is 32.2 Å². The monoisotopic (exact) mass is 371 g/mol. The molecule has 27 heavy (non-hydrogen) atoms. The van der Waals surface area contributed by atoms with Gasteiger partial charge < -0.3 is 15.2 Å². The molecule has 1 fully saturated rings. The van der Waals surface area contributed by atoms with Crippen LogP contribution in [0.4, 0.5) is 4.79 Å². The molecule has 3 rings (SSSR count). The van der Waals surface area contributed by atoms with Gasteiger partial charge in [0.05, 0.1) is 0 Å². The third-order valence-corrected chi connectivity index (χ3v) is 4.17. The largest absolute Gasteiger partial charge is 0.356 e. The number of nitrogens with one attached hydrogen (secondary N) is 2. The highest BCUT2D eigenvalue weighted by atomic mass is 16.5. The lowest BCUT2D eigenvalue weighted by Crippen LogP contribution is -2.40. The number of urea groups is 1. The summed E-state index contributed by atoms with van der Waals surface area (Å²) in [6.07, 6.45) is 0.453. The van der Waals surface area contributed by atoms with Crippen LogP contribution in [0, 0.1) is 0 Å². The number of rotatable bonds is 7. The highest BCUT2D eigenvalue weighted by Gasteiger charge is 2.43. The van der Waals surface area contributed by atoms with E-state index in [1.54, 1.807) is 13.8 Å². The molecular formula is C18H21N5O4. The zero-order chi connectivity index (χ0) is 19.4. The number of carbonyl (C=O) groups excluding carboxylic acids is 3. The fourth-order valence-electron chi connectivity index (χ4n) is 2.69. The van der Waals surface area contributed by atoms with Gasteiger partial charge in [-0.3, -0.25) is 14.5 Å². The molecule has 1 aromatic heterocycles. The van der Waals surface area contributed by atoms with E-state index in [9.17, 15) is 14.4 Å². The molecule has 142 valence electrons. The molecule has 9 heteroatoms. The molecule has 0 unspecified atom stereocenters. The van der Waals surface area contributed by atoms with E-state index < -0.39 is 11.6 Å².